The van der Waals surface area contributed by atoms with Crippen molar-refractivity contribution in [3.05, 3.63) is 24.2 Å². The molecule has 15 heavy (non-hydrogen) atoms. The zero-order valence-electron chi connectivity index (χ0n) is 9.69. The molecule has 0 N–H and O–H groups in total. The molecule has 0 amide bonds. The molecular formula is C12H19NO2. The van der Waals surface area contributed by atoms with Crippen LogP contribution < -0.4 is 0 Å². The van der Waals surface area contributed by atoms with Gasteiger partial charge in [-0.05, 0) is 19.5 Å². The molecular weight excluding hydrogens is 190 g/mol. The van der Waals surface area contributed by atoms with E-state index in [1.165, 1.54) is 0 Å². The van der Waals surface area contributed by atoms with E-state index in [9.17, 15) is 4.79 Å². The SMILES string of the molecule is CCC(C)(C=O)CN(C)Cc1ccoc1. The van der Waals surface area contributed by atoms with Crippen molar-refractivity contribution in [1.82, 2.24) is 4.90 Å². The van der Waals surface area contributed by atoms with Gasteiger partial charge in [0.1, 0.15) is 6.29 Å². The van der Waals surface area contributed by atoms with Crippen LogP contribution in [0.3, 0.4) is 0 Å². The number of nitrogens with zero attached hydrogens (tertiary/aromatic N) is 1. The van der Waals surface area contributed by atoms with E-state index in [1.54, 1.807) is 12.5 Å². The molecule has 0 aromatic carbocycles. The average Bonchev–Trinajstić information content (AvgIpc) is 2.70. The summed E-state index contributed by atoms with van der Waals surface area (Å²) in [6, 6.07) is 1.95. The van der Waals surface area contributed by atoms with Gasteiger partial charge in [0.25, 0.3) is 0 Å². The van der Waals surface area contributed by atoms with Crippen molar-refractivity contribution in [2.24, 2.45) is 5.41 Å². The van der Waals surface area contributed by atoms with Gasteiger partial charge < -0.3 is 14.1 Å². The predicted octanol–water partition coefficient (Wildman–Crippen LogP) is 2.33. The average molecular weight is 209 g/mol. The Labute approximate surface area is 91.1 Å². The van der Waals surface area contributed by atoms with Crippen LogP contribution >= 0.6 is 0 Å². The van der Waals surface area contributed by atoms with E-state index >= 15 is 0 Å². The first-order chi connectivity index (χ1) is 7.09. The minimum absolute atomic E-state index is 0.238. The number of rotatable bonds is 6. The summed E-state index contributed by atoms with van der Waals surface area (Å²) in [5.74, 6) is 0. The fraction of sp³-hybridized carbons (Fsp3) is 0.583. The zero-order valence-corrected chi connectivity index (χ0v) is 9.69. The standard InChI is InChI=1S/C12H19NO2/c1-4-12(2,10-14)9-13(3)7-11-5-6-15-8-11/h5-6,8,10H,4,7,9H2,1-3H3. The highest BCUT2D eigenvalue weighted by molar-refractivity contribution is 5.58. The van der Waals surface area contributed by atoms with Crippen LogP contribution in [0, 0.1) is 5.41 Å². The molecule has 3 heteroatoms. The van der Waals surface area contributed by atoms with Crippen molar-refractivity contribution in [3.63, 3.8) is 0 Å². The molecule has 3 nitrogen and oxygen atoms in total. The third-order valence-corrected chi connectivity index (χ3v) is 2.76. The van der Waals surface area contributed by atoms with Gasteiger partial charge in [-0.15, -0.1) is 0 Å². The van der Waals surface area contributed by atoms with Crippen LogP contribution in [0.5, 0.6) is 0 Å². The Balaban J connectivity index is 2.48. The highest BCUT2D eigenvalue weighted by Crippen LogP contribution is 2.19. The molecule has 1 unspecified atom stereocenters. The maximum absolute atomic E-state index is 11.0. The van der Waals surface area contributed by atoms with E-state index in [1.807, 2.05) is 27.0 Å². The van der Waals surface area contributed by atoms with Gasteiger partial charge in [0.05, 0.1) is 12.5 Å². The van der Waals surface area contributed by atoms with Crippen LogP contribution in [0.4, 0.5) is 0 Å². The Morgan fingerprint density at radius 2 is 2.33 bits per heavy atom. The maximum atomic E-state index is 11.0. The van der Waals surface area contributed by atoms with E-state index in [0.717, 1.165) is 31.4 Å². The largest absolute Gasteiger partial charge is 0.472 e. The molecule has 0 bridgehead atoms. The summed E-state index contributed by atoms with van der Waals surface area (Å²) >= 11 is 0. The molecule has 0 aliphatic rings. The molecule has 0 fully saturated rings. The fourth-order valence-corrected chi connectivity index (χ4v) is 1.60. The van der Waals surface area contributed by atoms with Crippen LogP contribution in [0.15, 0.2) is 23.0 Å². The number of hydrogen-bond donors (Lipinski definition) is 0. The van der Waals surface area contributed by atoms with Gasteiger partial charge in [0.15, 0.2) is 0 Å². The van der Waals surface area contributed by atoms with Crippen molar-refractivity contribution in [2.45, 2.75) is 26.8 Å². The summed E-state index contributed by atoms with van der Waals surface area (Å²) in [6.07, 6.45) is 5.33. The van der Waals surface area contributed by atoms with E-state index in [-0.39, 0.29) is 5.41 Å². The highest BCUT2D eigenvalue weighted by atomic mass is 16.3. The molecule has 0 aliphatic carbocycles. The van der Waals surface area contributed by atoms with Gasteiger partial charge in [-0.3, -0.25) is 0 Å². The first-order valence-corrected chi connectivity index (χ1v) is 5.25. The fourth-order valence-electron chi connectivity index (χ4n) is 1.60. The quantitative estimate of drug-likeness (QED) is 0.674. The second kappa shape index (κ2) is 5.12. The molecule has 1 heterocycles. The number of carbonyl (C=O) groups excluding carboxylic acids is 1. The lowest BCUT2D eigenvalue weighted by atomic mass is 9.89. The third kappa shape index (κ3) is 3.51. The summed E-state index contributed by atoms with van der Waals surface area (Å²) in [4.78, 5) is 13.1. The number of aldehydes is 1. The molecule has 0 aliphatic heterocycles. The molecule has 0 saturated heterocycles. The zero-order chi connectivity index (χ0) is 11.3. The van der Waals surface area contributed by atoms with Crippen molar-refractivity contribution in [1.29, 1.82) is 0 Å². The molecule has 1 aromatic heterocycles. The topological polar surface area (TPSA) is 33.5 Å². The Kier molecular flexibility index (Phi) is 4.09. The van der Waals surface area contributed by atoms with Crippen molar-refractivity contribution >= 4 is 6.29 Å². The summed E-state index contributed by atoms with van der Waals surface area (Å²) in [5.41, 5.74) is 0.903. The lowest BCUT2D eigenvalue weighted by Gasteiger charge is -2.27. The van der Waals surface area contributed by atoms with Gasteiger partial charge in [0, 0.05) is 24.1 Å². The van der Waals surface area contributed by atoms with Crippen molar-refractivity contribution < 1.29 is 9.21 Å². The molecule has 84 valence electrons. The second-order valence-electron chi connectivity index (χ2n) is 4.43. The van der Waals surface area contributed by atoms with Gasteiger partial charge in [-0.1, -0.05) is 13.8 Å². The number of furan rings is 1. The summed E-state index contributed by atoms with van der Waals surface area (Å²) in [5, 5.41) is 0. The van der Waals surface area contributed by atoms with Crippen molar-refractivity contribution in [3.8, 4) is 0 Å². The molecule has 0 radical (unpaired) electrons. The van der Waals surface area contributed by atoms with Gasteiger partial charge in [-0.2, -0.15) is 0 Å². The first kappa shape index (κ1) is 12.0. The summed E-state index contributed by atoms with van der Waals surface area (Å²) < 4.78 is 5.00. The van der Waals surface area contributed by atoms with Gasteiger partial charge in [0.2, 0.25) is 0 Å². The minimum atomic E-state index is -0.238. The Morgan fingerprint density at radius 1 is 1.60 bits per heavy atom. The normalized spacial score (nSPS) is 15.2. The van der Waals surface area contributed by atoms with E-state index in [2.05, 4.69) is 4.90 Å². The summed E-state index contributed by atoms with van der Waals surface area (Å²) in [7, 11) is 2.02. The molecule has 1 atom stereocenters. The molecule has 1 aromatic rings. The molecule has 0 spiro atoms. The molecule has 0 saturated carbocycles. The van der Waals surface area contributed by atoms with Gasteiger partial charge in [-0.25, -0.2) is 0 Å². The van der Waals surface area contributed by atoms with Crippen LogP contribution in [0.1, 0.15) is 25.8 Å². The Morgan fingerprint density at radius 3 is 2.80 bits per heavy atom. The van der Waals surface area contributed by atoms with Crippen molar-refractivity contribution in [2.75, 3.05) is 13.6 Å². The minimum Gasteiger partial charge on any atom is -0.472 e. The maximum Gasteiger partial charge on any atom is 0.127 e. The van der Waals surface area contributed by atoms with Crippen LogP contribution in [0.2, 0.25) is 0 Å². The predicted molar refractivity (Wildman–Crippen MR) is 59.5 cm³/mol. The van der Waals surface area contributed by atoms with Crippen LogP contribution in [0.25, 0.3) is 0 Å². The number of carbonyl (C=O) groups is 1. The lowest BCUT2D eigenvalue weighted by Crippen LogP contribution is -2.33. The van der Waals surface area contributed by atoms with E-state index in [4.69, 9.17) is 4.42 Å². The third-order valence-electron chi connectivity index (χ3n) is 2.76. The van der Waals surface area contributed by atoms with Crippen LogP contribution in [-0.2, 0) is 11.3 Å². The smallest absolute Gasteiger partial charge is 0.127 e. The Hall–Kier alpha value is -1.09. The van der Waals surface area contributed by atoms with E-state index < -0.39 is 0 Å². The van der Waals surface area contributed by atoms with E-state index in [0.29, 0.717) is 0 Å². The first-order valence-electron chi connectivity index (χ1n) is 5.25. The second-order valence-corrected chi connectivity index (χ2v) is 4.43. The lowest BCUT2D eigenvalue weighted by molar-refractivity contribution is -0.116. The monoisotopic (exact) mass is 209 g/mol. The molecule has 1 rings (SSSR count). The number of hydrogen-bond acceptors (Lipinski definition) is 3. The highest BCUT2D eigenvalue weighted by Gasteiger charge is 2.23. The van der Waals surface area contributed by atoms with Gasteiger partial charge >= 0.3 is 0 Å². The Bertz CT molecular complexity index is 295. The summed E-state index contributed by atoms with van der Waals surface area (Å²) in [6.45, 7) is 5.63. The van der Waals surface area contributed by atoms with Crippen LogP contribution in [-0.4, -0.2) is 24.8 Å².